The number of hydrogen-bond donors (Lipinski definition) is 1. The van der Waals surface area contributed by atoms with E-state index in [-0.39, 0.29) is 11.3 Å². The van der Waals surface area contributed by atoms with Crippen molar-refractivity contribution in [2.45, 2.75) is 27.7 Å². The number of benzene rings is 2. The van der Waals surface area contributed by atoms with Gasteiger partial charge in [-0.2, -0.15) is 0 Å². The summed E-state index contributed by atoms with van der Waals surface area (Å²) in [6, 6.07) is 13.9. The van der Waals surface area contributed by atoms with Crippen molar-refractivity contribution in [3.63, 3.8) is 0 Å². The van der Waals surface area contributed by atoms with E-state index in [1.165, 1.54) is 6.07 Å². The third kappa shape index (κ3) is 4.19. The monoisotopic (exact) mass is 365 g/mol. The van der Waals surface area contributed by atoms with Gasteiger partial charge in [0.05, 0.1) is 12.0 Å². The van der Waals surface area contributed by atoms with Crippen molar-refractivity contribution in [3.8, 4) is 17.1 Å². The van der Waals surface area contributed by atoms with Crippen LogP contribution in [0.25, 0.3) is 22.3 Å². The van der Waals surface area contributed by atoms with Gasteiger partial charge in [-0.3, -0.25) is 9.59 Å². The highest BCUT2D eigenvalue weighted by molar-refractivity contribution is 5.96. The minimum atomic E-state index is -0.517. The Hall–Kier alpha value is -3.08. The van der Waals surface area contributed by atoms with E-state index in [1.807, 2.05) is 52.0 Å². The van der Waals surface area contributed by atoms with Crippen LogP contribution in [0.1, 0.15) is 27.7 Å². The van der Waals surface area contributed by atoms with Crippen LogP contribution in [0, 0.1) is 5.41 Å². The van der Waals surface area contributed by atoms with E-state index < -0.39 is 5.41 Å². The first-order valence-electron chi connectivity index (χ1n) is 8.90. The molecule has 0 aliphatic carbocycles. The summed E-state index contributed by atoms with van der Waals surface area (Å²) in [7, 11) is 0. The third-order valence-corrected chi connectivity index (χ3v) is 4.12. The summed E-state index contributed by atoms with van der Waals surface area (Å²) in [6.45, 7) is 8.02. The molecule has 2 aromatic carbocycles. The first-order valence-corrected chi connectivity index (χ1v) is 8.90. The summed E-state index contributed by atoms with van der Waals surface area (Å²) < 4.78 is 11.3. The van der Waals surface area contributed by atoms with Gasteiger partial charge in [-0.15, -0.1) is 0 Å². The number of fused-ring (bicyclic) bond motifs is 1. The Morgan fingerprint density at radius 2 is 1.78 bits per heavy atom. The van der Waals surface area contributed by atoms with Crippen LogP contribution in [0.15, 0.2) is 57.7 Å². The molecular weight excluding hydrogens is 342 g/mol. The summed E-state index contributed by atoms with van der Waals surface area (Å²) in [4.78, 5) is 24.7. The fourth-order valence-corrected chi connectivity index (χ4v) is 2.58. The largest absolute Gasteiger partial charge is 0.494 e. The van der Waals surface area contributed by atoms with Gasteiger partial charge in [-0.05, 0) is 49.4 Å². The van der Waals surface area contributed by atoms with Crippen LogP contribution in [-0.2, 0) is 4.79 Å². The van der Waals surface area contributed by atoms with Crippen LogP contribution in [-0.4, -0.2) is 12.5 Å². The number of carbonyl (C=O) groups excluding carboxylic acids is 1. The zero-order chi connectivity index (χ0) is 19.6. The zero-order valence-corrected chi connectivity index (χ0v) is 16.0. The Labute approximate surface area is 158 Å². The van der Waals surface area contributed by atoms with Crippen molar-refractivity contribution < 1.29 is 13.9 Å². The third-order valence-electron chi connectivity index (χ3n) is 4.12. The van der Waals surface area contributed by atoms with Gasteiger partial charge in [0.2, 0.25) is 5.91 Å². The summed E-state index contributed by atoms with van der Waals surface area (Å²) in [5, 5.41) is 3.26. The zero-order valence-electron chi connectivity index (χ0n) is 16.0. The molecular formula is C22H23NO4. The Bertz CT molecular complexity index is 1030. The van der Waals surface area contributed by atoms with Crippen LogP contribution in [0.3, 0.4) is 0 Å². The molecule has 5 nitrogen and oxygen atoms in total. The summed E-state index contributed by atoms with van der Waals surface area (Å²) in [5.41, 5.74) is 1.16. The summed E-state index contributed by atoms with van der Waals surface area (Å²) in [5.74, 6) is 1.14. The number of amides is 1. The van der Waals surface area contributed by atoms with Gasteiger partial charge in [0.25, 0.3) is 0 Å². The predicted molar refractivity (Wildman–Crippen MR) is 107 cm³/mol. The molecule has 1 N–H and O–H groups in total. The van der Waals surface area contributed by atoms with E-state index in [2.05, 4.69) is 5.32 Å². The van der Waals surface area contributed by atoms with Gasteiger partial charge in [-0.1, -0.05) is 20.8 Å². The van der Waals surface area contributed by atoms with E-state index >= 15 is 0 Å². The molecule has 1 heterocycles. The molecule has 1 amide bonds. The Morgan fingerprint density at radius 1 is 1.07 bits per heavy atom. The molecule has 0 saturated heterocycles. The van der Waals surface area contributed by atoms with Gasteiger partial charge in [0.15, 0.2) is 5.43 Å². The van der Waals surface area contributed by atoms with E-state index in [4.69, 9.17) is 9.15 Å². The fraction of sp³-hybridized carbons (Fsp3) is 0.273. The van der Waals surface area contributed by atoms with Crippen LogP contribution >= 0.6 is 0 Å². The van der Waals surface area contributed by atoms with Crippen molar-refractivity contribution in [2.75, 3.05) is 11.9 Å². The van der Waals surface area contributed by atoms with E-state index in [0.717, 1.165) is 11.3 Å². The highest BCUT2D eigenvalue weighted by Gasteiger charge is 2.21. The first-order chi connectivity index (χ1) is 12.8. The first kappa shape index (κ1) is 18.7. The normalized spacial score (nSPS) is 11.4. The number of nitrogens with one attached hydrogen (secondary N) is 1. The second-order valence-electron chi connectivity index (χ2n) is 7.35. The van der Waals surface area contributed by atoms with Crippen molar-refractivity contribution in [2.24, 2.45) is 5.41 Å². The molecule has 0 atom stereocenters. The Morgan fingerprint density at radius 3 is 2.41 bits per heavy atom. The lowest BCUT2D eigenvalue weighted by Crippen LogP contribution is -2.27. The highest BCUT2D eigenvalue weighted by atomic mass is 16.5. The average Bonchev–Trinajstić information content (AvgIpc) is 2.62. The molecule has 0 fully saturated rings. The predicted octanol–water partition coefficient (Wildman–Crippen LogP) is 4.84. The van der Waals surface area contributed by atoms with Crippen molar-refractivity contribution in [1.29, 1.82) is 0 Å². The molecule has 3 aromatic rings. The van der Waals surface area contributed by atoms with Crippen LogP contribution in [0.5, 0.6) is 5.75 Å². The molecule has 0 spiro atoms. The summed E-state index contributed by atoms with van der Waals surface area (Å²) >= 11 is 0. The van der Waals surface area contributed by atoms with Crippen molar-refractivity contribution >= 4 is 22.6 Å². The summed E-state index contributed by atoms with van der Waals surface area (Å²) in [6.07, 6.45) is 0. The van der Waals surface area contributed by atoms with Gasteiger partial charge in [0.1, 0.15) is 17.1 Å². The molecule has 0 unspecified atom stereocenters. The topological polar surface area (TPSA) is 68.5 Å². The molecule has 0 aliphatic rings. The lowest BCUT2D eigenvalue weighted by atomic mass is 9.95. The van der Waals surface area contributed by atoms with Gasteiger partial charge in [0, 0.05) is 22.7 Å². The smallest absolute Gasteiger partial charge is 0.229 e. The molecule has 27 heavy (non-hydrogen) atoms. The molecule has 140 valence electrons. The van der Waals surface area contributed by atoms with Crippen molar-refractivity contribution in [1.82, 2.24) is 0 Å². The maximum atomic E-state index is 12.6. The molecule has 0 radical (unpaired) electrons. The highest BCUT2D eigenvalue weighted by Crippen LogP contribution is 2.26. The van der Waals surface area contributed by atoms with Crippen LogP contribution < -0.4 is 15.5 Å². The maximum Gasteiger partial charge on any atom is 0.229 e. The quantitative estimate of drug-likeness (QED) is 0.718. The van der Waals surface area contributed by atoms with Gasteiger partial charge >= 0.3 is 0 Å². The number of rotatable bonds is 4. The molecule has 0 aliphatic heterocycles. The van der Waals surface area contributed by atoms with Crippen LogP contribution in [0.4, 0.5) is 5.69 Å². The van der Waals surface area contributed by atoms with Gasteiger partial charge in [-0.25, -0.2) is 0 Å². The minimum absolute atomic E-state index is 0.114. The average molecular weight is 365 g/mol. The molecule has 5 heteroatoms. The van der Waals surface area contributed by atoms with Crippen molar-refractivity contribution in [3.05, 3.63) is 58.8 Å². The lowest BCUT2D eigenvalue weighted by Gasteiger charge is -2.17. The van der Waals surface area contributed by atoms with E-state index in [9.17, 15) is 9.59 Å². The number of ether oxygens (including phenoxy) is 1. The Balaban J connectivity index is 1.94. The fourth-order valence-electron chi connectivity index (χ4n) is 2.58. The number of carbonyl (C=O) groups is 1. The maximum absolute atomic E-state index is 12.6. The second-order valence-corrected chi connectivity index (χ2v) is 7.35. The van der Waals surface area contributed by atoms with E-state index in [0.29, 0.717) is 29.0 Å². The SMILES string of the molecule is CCOc1ccc(-c2cc(=O)c3cc(NC(=O)C(C)(C)C)ccc3o2)cc1. The molecule has 0 bridgehead atoms. The molecule has 0 saturated carbocycles. The Kier molecular flexibility index (Phi) is 5.04. The van der Waals surface area contributed by atoms with Crippen LogP contribution in [0.2, 0.25) is 0 Å². The standard InChI is InChI=1S/C22H23NO4/c1-5-26-16-9-6-14(7-10-16)20-13-18(24)17-12-15(8-11-19(17)27-20)23-21(25)22(2,3)4/h6-13H,5H2,1-4H3,(H,23,25). The number of anilines is 1. The molecule has 1 aromatic heterocycles. The van der Waals surface area contributed by atoms with E-state index in [1.54, 1.807) is 18.2 Å². The second kappa shape index (κ2) is 7.27. The number of hydrogen-bond acceptors (Lipinski definition) is 4. The lowest BCUT2D eigenvalue weighted by molar-refractivity contribution is -0.123. The minimum Gasteiger partial charge on any atom is -0.494 e. The molecule has 3 rings (SSSR count). The van der Waals surface area contributed by atoms with Gasteiger partial charge < -0.3 is 14.5 Å².